The summed E-state index contributed by atoms with van der Waals surface area (Å²) in [4.78, 5) is 11.0. The Morgan fingerprint density at radius 3 is 2.60 bits per heavy atom. The predicted molar refractivity (Wildman–Crippen MR) is 58.0 cm³/mol. The molecular weight excluding hydrogens is 192 g/mol. The van der Waals surface area contributed by atoms with Gasteiger partial charge in [0.15, 0.2) is 0 Å². The summed E-state index contributed by atoms with van der Waals surface area (Å²) in [5.74, 6) is -0.176. The van der Waals surface area contributed by atoms with Crippen LogP contribution in [0.3, 0.4) is 0 Å². The van der Waals surface area contributed by atoms with E-state index in [4.69, 9.17) is 4.74 Å². The highest BCUT2D eigenvalue weighted by atomic mass is 16.5. The van der Waals surface area contributed by atoms with Crippen molar-refractivity contribution in [1.29, 1.82) is 0 Å². The molecular formula is C11H16N2O2. The molecule has 0 saturated heterocycles. The Hall–Kier alpha value is -1.39. The number of hydrazine groups is 1. The molecule has 1 aromatic rings. The lowest BCUT2D eigenvalue weighted by Crippen LogP contribution is -2.36. The molecule has 0 aliphatic carbocycles. The van der Waals surface area contributed by atoms with Crippen LogP contribution in [0, 0.1) is 6.92 Å². The van der Waals surface area contributed by atoms with Crippen molar-refractivity contribution in [2.45, 2.75) is 13.5 Å². The monoisotopic (exact) mass is 208 g/mol. The molecule has 0 aliphatic rings. The molecule has 0 aromatic heterocycles. The number of nitrogens with one attached hydrogen (secondary N) is 2. The number of hydrogen-bond donors (Lipinski definition) is 2. The first-order valence-electron chi connectivity index (χ1n) is 4.81. The van der Waals surface area contributed by atoms with Gasteiger partial charge in [0, 0.05) is 7.05 Å². The first-order chi connectivity index (χ1) is 7.22. The maximum absolute atomic E-state index is 11.0. The van der Waals surface area contributed by atoms with Crippen LogP contribution in [0.2, 0.25) is 0 Å². The Morgan fingerprint density at radius 2 is 2.00 bits per heavy atom. The number of carbonyl (C=O) groups is 1. The largest absolute Gasteiger partial charge is 0.367 e. The van der Waals surface area contributed by atoms with Gasteiger partial charge in [0.05, 0.1) is 6.61 Å². The number of ether oxygens (including phenoxy) is 1. The van der Waals surface area contributed by atoms with E-state index in [2.05, 4.69) is 10.9 Å². The van der Waals surface area contributed by atoms with Gasteiger partial charge in [-0.3, -0.25) is 10.2 Å². The number of carbonyl (C=O) groups excluding carboxylic acids is 1. The molecule has 0 fully saturated rings. The molecule has 4 heteroatoms. The Balaban J connectivity index is 2.26. The van der Waals surface area contributed by atoms with Gasteiger partial charge in [0.2, 0.25) is 0 Å². The number of amides is 1. The Bertz CT molecular complexity index is 309. The van der Waals surface area contributed by atoms with Gasteiger partial charge < -0.3 is 4.74 Å². The number of hydrogen-bond acceptors (Lipinski definition) is 3. The van der Waals surface area contributed by atoms with Crippen LogP contribution in [0.1, 0.15) is 11.1 Å². The van der Waals surface area contributed by atoms with Crippen molar-refractivity contribution in [1.82, 2.24) is 10.9 Å². The zero-order valence-corrected chi connectivity index (χ0v) is 9.04. The summed E-state index contributed by atoms with van der Waals surface area (Å²) >= 11 is 0. The van der Waals surface area contributed by atoms with Gasteiger partial charge >= 0.3 is 0 Å². The van der Waals surface area contributed by atoms with Crippen molar-refractivity contribution in [2.24, 2.45) is 0 Å². The molecule has 0 heterocycles. The predicted octanol–water partition coefficient (Wildman–Crippen LogP) is 0.762. The van der Waals surface area contributed by atoms with E-state index in [0.717, 1.165) is 5.56 Å². The molecule has 82 valence electrons. The third-order valence-electron chi connectivity index (χ3n) is 1.89. The van der Waals surface area contributed by atoms with Crippen molar-refractivity contribution < 1.29 is 9.53 Å². The van der Waals surface area contributed by atoms with Gasteiger partial charge in [0.1, 0.15) is 6.61 Å². The van der Waals surface area contributed by atoms with E-state index < -0.39 is 0 Å². The standard InChI is InChI=1S/C11H16N2O2/c1-9-3-5-10(6-4-9)7-15-8-11(14)13-12-2/h3-6,12H,7-8H2,1-2H3,(H,13,14). The smallest absolute Gasteiger partial charge is 0.260 e. The Labute approximate surface area is 89.6 Å². The molecule has 0 spiro atoms. The van der Waals surface area contributed by atoms with E-state index >= 15 is 0 Å². The van der Waals surface area contributed by atoms with Crippen LogP contribution in [0.4, 0.5) is 0 Å². The SMILES string of the molecule is CNNC(=O)COCc1ccc(C)cc1. The minimum atomic E-state index is -0.176. The first kappa shape index (κ1) is 11.7. The summed E-state index contributed by atoms with van der Waals surface area (Å²) < 4.78 is 5.22. The summed E-state index contributed by atoms with van der Waals surface area (Å²) in [5, 5.41) is 0. The fourth-order valence-electron chi connectivity index (χ4n) is 1.12. The number of aryl methyl sites for hydroxylation is 1. The molecule has 1 rings (SSSR count). The minimum absolute atomic E-state index is 0.0642. The topological polar surface area (TPSA) is 50.4 Å². The van der Waals surface area contributed by atoms with Crippen LogP contribution in [-0.4, -0.2) is 19.6 Å². The maximum atomic E-state index is 11.0. The number of rotatable bonds is 5. The Kier molecular flexibility index (Phi) is 4.80. The lowest BCUT2D eigenvalue weighted by atomic mass is 10.2. The molecule has 0 bridgehead atoms. The van der Waals surface area contributed by atoms with E-state index in [9.17, 15) is 4.79 Å². The van der Waals surface area contributed by atoms with Gasteiger partial charge in [-0.15, -0.1) is 0 Å². The van der Waals surface area contributed by atoms with Crippen molar-refractivity contribution in [2.75, 3.05) is 13.7 Å². The molecule has 0 aliphatic heterocycles. The van der Waals surface area contributed by atoms with E-state index in [-0.39, 0.29) is 12.5 Å². The third-order valence-corrected chi connectivity index (χ3v) is 1.89. The van der Waals surface area contributed by atoms with E-state index in [1.165, 1.54) is 5.56 Å². The van der Waals surface area contributed by atoms with Crippen molar-refractivity contribution >= 4 is 5.91 Å². The van der Waals surface area contributed by atoms with Gasteiger partial charge in [-0.2, -0.15) is 0 Å². The highest BCUT2D eigenvalue weighted by Gasteiger charge is 1.99. The summed E-state index contributed by atoms with van der Waals surface area (Å²) in [6, 6.07) is 8.02. The van der Waals surface area contributed by atoms with E-state index in [0.29, 0.717) is 6.61 Å². The minimum Gasteiger partial charge on any atom is -0.367 e. The molecule has 0 saturated carbocycles. The molecule has 4 nitrogen and oxygen atoms in total. The highest BCUT2D eigenvalue weighted by molar-refractivity contribution is 5.76. The van der Waals surface area contributed by atoms with Gasteiger partial charge in [-0.25, -0.2) is 5.43 Å². The molecule has 0 unspecified atom stereocenters. The average molecular weight is 208 g/mol. The van der Waals surface area contributed by atoms with Gasteiger partial charge in [-0.05, 0) is 12.5 Å². The third kappa shape index (κ3) is 4.58. The molecule has 15 heavy (non-hydrogen) atoms. The number of benzene rings is 1. The second kappa shape index (κ2) is 6.16. The highest BCUT2D eigenvalue weighted by Crippen LogP contribution is 2.03. The summed E-state index contributed by atoms with van der Waals surface area (Å²) in [5.41, 5.74) is 7.25. The fraction of sp³-hybridized carbons (Fsp3) is 0.364. The van der Waals surface area contributed by atoms with Crippen LogP contribution < -0.4 is 10.9 Å². The second-order valence-corrected chi connectivity index (χ2v) is 3.28. The van der Waals surface area contributed by atoms with Gasteiger partial charge in [0.25, 0.3) is 5.91 Å². The van der Waals surface area contributed by atoms with E-state index in [1.807, 2.05) is 31.2 Å². The molecule has 1 aromatic carbocycles. The molecule has 1 amide bonds. The normalized spacial score (nSPS) is 10.0. The Morgan fingerprint density at radius 1 is 1.33 bits per heavy atom. The molecule has 0 radical (unpaired) electrons. The fourth-order valence-corrected chi connectivity index (χ4v) is 1.12. The average Bonchev–Trinajstić information content (AvgIpc) is 2.21. The summed E-state index contributed by atoms with van der Waals surface area (Å²) in [6.07, 6.45) is 0. The summed E-state index contributed by atoms with van der Waals surface area (Å²) in [6.45, 7) is 2.55. The van der Waals surface area contributed by atoms with Crippen LogP contribution >= 0.6 is 0 Å². The van der Waals surface area contributed by atoms with E-state index in [1.54, 1.807) is 7.05 Å². The molecule has 2 N–H and O–H groups in total. The van der Waals surface area contributed by atoms with Crippen molar-refractivity contribution in [3.63, 3.8) is 0 Å². The summed E-state index contributed by atoms with van der Waals surface area (Å²) in [7, 11) is 1.64. The zero-order chi connectivity index (χ0) is 11.1. The zero-order valence-electron chi connectivity index (χ0n) is 9.04. The van der Waals surface area contributed by atoms with Crippen LogP contribution in [0.5, 0.6) is 0 Å². The van der Waals surface area contributed by atoms with Crippen LogP contribution in [-0.2, 0) is 16.1 Å². The molecule has 0 atom stereocenters. The van der Waals surface area contributed by atoms with Crippen LogP contribution in [0.25, 0.3) is 0 Å². The lowest BCUT2D eigenvalue weighted by Gasteiger charge is -2.05. The second-order valence-electron chi connectivity index (χ2n) is 3.28. The maximum Gasteiger partial charge on any atom is 0.260 e. The van der Waals surface area contributed by atoms with Crippen LogP contribution in [0.15, 0.2) is 24.3 Å². The van der Waals surface area contributed by atoms with Gasteiger partial charge in [-0.1, -0.05) is 29.8 Å². The quantitative estimate of drug-likeness (QED) is 0.702. The lowest BCUT2D eigenvalue weighted by molar-refractivity contribution is -0.126. The first-order valence-corrected chi connectivity index (χ1v) is 4.81. The van der Waals surface area contributed by atoms with Crippen molar-refractivity contribution in [3.05, 3.63) is 35.4 Å². The van der Waals surface area contributed by atoms with Crippen molar-refractivity contribution in [3.8, 4) is 0 Å².